The maximum atomic E-state index is 5.77. The molecule has 1 fully saturated rings. The summed E-state index contributed by atoms with van der Waals surface area (Å²) in [5.74, 6) is 1.03. The summed E-state index contributed by atoms with van der Waals surface area (Å²) in [7, 11) is 0. The summed E-state index contributed by atoms with van der Waals surface area (Å²) < 4.78 is 5.61. The van der Waals surface area contributed by atoms with Gasteiger partial charge in [0.25, 0.3) is 0 Å². The highest BCUT2D eigenvalue weighted by atomic mass is 16.5. The van der Waals surface area contributed by atoms with Gasteiger partial charge in [-0.25, -0.2) is 0 Å². The number of nitrogens with two attached hydrogens (primary N) is 1. The van der Waals surface area contributed by atoms with E-state index in [4.69, 9.17) is 10.5 Å². The Balaban J connectivity index is 1.69. The van der Waals surface area contributed by atoms with Crippen LogP contribution in [-0.2, 0) is 0 Å². The van der Waals surface area contributed by atoms with Crippen LogP contribution in [0.25, 0.3) is 0 Å². The summed E-state index contributed by atoms with van der Waals surface area (Å²) in [4.78, 5) is 0. The van der Waals surface area contributed by atoms with E-state index in [1.165, 1.54) is 5.56 Å². The Hall–Kier alpha value is -1.06. The first-order valence-corrected chi connectivity index (χ1v) is 5.56. The molecular formula is C12H16N2O. The summed E-state index contributed by atoms with van der Waals surface area (Å²) in [6.45, 7) is 0.755. The van der Waals surface area contributed by atoms with E-state index in [9.17, 15) is 0 Å². The van der Waals surface area contributed by atoms with Gasteiger partial charge in [0.1, 0.15) is 12.4 Å². The third-order valence-electron chi connectivity index (χ3n) is 3.31. The first-order chi connectivity index (χ1) is 7.33. The summed E-state index contributed by atoms with van der Waals surface area (Å²) >= 11 is 0. The van der Waals surface area contributed by atoms with E-state index in [1.807, 2.05) is 12.1 Å². The van der Waals surface area contributed by atoms with Gasteiger partial charge in [0.2, 0.25) is 0 Å². The molecule has 3 nitrogen and oxygen atoms in total. The van der Waals surface area contributed by atoms with Crippen molar-refractivity contribution in [3.05, 3.63) is 29.8 Å². The van der Waals surface area contributed by atoms with Crippen molar-refractivity contribution >= 4 is 0 Å². The lowest BCUT2D eigenvalue weighted by Crippen LogP contribution is -2.49. The zero-order valence-electron chi connectivity index (χ0n) is 8.65. The molecule has 1 aliphatic carbocycles. The minimum atomic E-state index is 0.360. The normalized spacial score (nSPS) is 33.0. The summed E-state index contributed by atoms with van der Waals surface area (Å²) in [5.41, 5.74) is 7.06. The molecule has 1 aromatic rings. The highest BCUT2D eigenvalue weighted by molar-refractivity contribution is 5.39. The molecule has 0 saturated heterocycles. The average molecular weight is 204 g/mol. The van der Waals surface area contributed by atoms with Gasteiger partial charge < -0.3 is 15.8 Å². The molecule has 0 aromatic heterocycles. The molecule has 1 heterocycles. The predicted octanol–water partition coefficient (Wildman–Crippen LogP) is 1.20. The number of rotatable bonds is 2. The van der Waals surface area contributed by atoms with Gasteiger partial charge in [-0.1, -0.05) is 18.2 Å². The van der Waals surface area contributed by atoms with Crippen LogP contribution in [0.3, 0.4) is 0 Å². The SMILES string of the molecule is NC1CC(NC2COc3ccccc32)C1. The third-order valence-corrected chi connectivity index (χ3v) is 3.31. The molecule has 1 aliphatic heterocycles. The fourth-order valence-corrected chi connectivity index (χ4v) is 2.38. The Bertz CT molecular complexity index is 360. The van der Waals surface area contributed by atoms with Gasteiger partial charge in [-0.15, -0.1) is 0 Å². The topological polar surface area (TPSA) is 47.3 Å². The second-order valence-corrected chi connectivity index (χ2v) is 4.50. The Kier molecular flexibility index (Phi) is 2.15. The van der Waals surface area contributed by atoms with Gasteiger partial charge in [-0.05, 0) is 18.9 Å². The standard InChI is InChI=1S/C12H16N2O/c13-8-5-9(6-8)14-11-7-15-12-4-2-1-3-10(11)12/h1-4,8-9,11,14H,5-7,13H2. The minimum absolute atomic E-state index is 0.360. The van der Waals surface area contributed by atoms with Crippen LogP contribution in [0.4, 0.5) is 0 Å². The van der Waals surface area contributed by atoms with E-state index in [-0.39, 0.29) is 0 Å². The zero-order chi connectivity index (χ0) is 10.3. The number of ether oxygens (including phenoxy) is 1. The second-order valence-electron chi connectivity index (χ2n) is 4.50. The Morgan fingerprint density at radius 3 is 2.87 bits per heavy atom. The van der Waals surface area contributed by atoms with Gasteiger partial charge in [-0.3, -0.25) is 0 Å². The summed E-state index contributed by atoms with van der Waals surface area (Å²) in [6.07, 6.45) is 2.19. The van der Waals surface area contributed by atoms with Crippen LogP contribution in [0.15, 0.2) is 24.3 Å². The van der Waals surface area contributed by atoms with Crippen LogP contribution in [0, 0.1) is 0 Å². The molecule has 1 aromatic carbocycles. The summed E-state index contributed by atoms with van der Waals surface area (Å²) in [6, 6.07) is 9.59. The van der Waals surface area contributed by atoms with E-state index >= 15 is 0 Å². The number of benzene rings is 1. The number of fused-ring (bicyclic) bond motifs is 1. The number of para-hydroxylation sites is 1. The van der Waals surface area contributed by atoms with Crippen molar-refractivity contribution in [2.75, 3.05) is 6.61 Å². The van der Waals surface area contributed by atoms with Gasteiger partial charge in [0.15, 0.2) is 0 Å². The van der Waals surface area contributed by atoms with Crippen molar-refractivity contribution in [3.8, 4) is 5.75 Å². The molecule has 2 aliphatic rings. The van der Waals surface area contributed by atoms with Crippen LogP contribution in [0.2, 0.25) is 0 Å². The van der Waals surface area contributed by atoms with Crippen molar-refractivity contribution in [2.24, 2.45) is 5.73 Å². The molecule has 3 rings (SSSR count). The maximum absolute atomic E-state index is 5.77. The van der Waals surface area contributed by atoms with Gasteiger partial charge in [-0.2, -0.15) is 0 Å². The van der Waals surface area contributed by atoms with E-state index in [2.05, 4.69) is 17.4 Å². The van der Waals surface area contributed by atoms with E-state index < -0.39 is 0 Å². The average Bonchev–Trinajstić information content (AvgIpc) is 2.60. The Morgan fingerprint density at radius 1 is 1.27 bits per heavy atom. The highest BCUT2D eigenvalue weighted by Gasteiger charge is 2.31. The predicted molar refractivity (Wildman–Crippen MR) is 58.8 cm³/mol. The highest BCUT2D eigenvalue weighted by Crippen LogP contribution is 2.33. The molecule has 0 amide bonds. The molecule has 0 bridgehead atoms. The minimum Gasteiger partial charge on any atom is -0.491 e. The zero-order valence-corrected chi connectivity index (χ0v) is 8.65. The van der Waals surface area contributed by atoms with Gasteiger partial charge in [0, 0.05) is 17.6 Å². The molecule has 15 heavy (non-hydrogen) atoms. The van der Waals surface area contributed by atoms with E-state index in [0.717, 1.165) is 25.2 Å². The lowest BCUT2D eigenvalue weighted by molar-refractivity contribution is 0.237. The lowest BCUT2D eigenvalue weighted by Gasteiger charge is -2.35. The molecule has 1 saturated carbocycles. The van der Waals surface area contributed by atoms with E-state index in [1.54, 1.807) is 0 Å². The molecule has 1 unspecified atom stereocenters. The number of hydrogen-bond donors (Lipinski definition) is 2. The quantitative estimate of drug-likeness (QED) is 0.761. The van der Waals surface area contributed by atoms with Crippen molar-refractivity contribution in [1.29, 1.82) is 0 Å². The third kappa shape index (κ3) is 1.62. The van der Waals surface area contributed by atoms with E-state index in [0.29, 0.717) is 18.1 Å². The molecule has 3 heteroatoms. The number of nitrogens with one attached hydrogen (secondary N) is 1. The Labute approximate surface area is 89.6 Å². The van der Waals surface area contributed by atoms with Crippen molar-refractivity contribution in [2.45, 2.75) is 31.0 Å². The largest absolute Gasteiger partial charge is 0.491 e. The van der Waals surface area contributed by atoms with Gasteiger partial charge >= 0.3 is 0 Å². The van der Waals surface area contributed by atoms with Crippen LogP contribution < -0.4 is 15.8 Å². The van der Waals surface area contributed by atoms with Crippen LogP contribution >= 0.6 is 0 Å². The fourth-order valence-electron chi connectivity index (χ4n) is 2.38. The van der Waals surface area contributed by atoms with Crippen LogP contribution in [-0.4, -0.2) is 18.7 Å². The lowest BCUT2D eigenvalue weighted by atomic mass is 9.87. The van der Waals surface area contributed by atoms with Crippen LogP contribution in [0.1, 0.15) is 24.4 Å². The Morgan fingerprint density at radius 2 is 2.07 bits per heavy atom. The first-order valence-electron chi connectivity index (χ1n) is 5.56. The number of hydrogen-bond acceptors (Lipinski definition) is 3. The molecule has 0 spiro atoms. The first kappa shape index (κ1) is 9.19. The second kappa shape index (κ2) is 3.51. The summed E-state index contributed by atoms with van der Waals surface area (Å²) in [5, 5.41) is 3.60. The maximum Gasteiger partial charge on any atom is 0.124 e. The van der Waals surface area contributed by atoms with Gasteiger partial charge in [0.05, 0.1) is 6.04 Å². The fraction of sp³-hybridized carbons (Fsp3) is 0.500. The van der Waals surface area contributed by atoms with Crippen molar-refractivity contribution < 1.29 is 4.74 Å². The van der Waals surface area contributed by atoms with Crippen molar-refractivity contribution in [3.63, 3.8) is 0 Å². The smallest absolute Gasteiger partial charge is 0.124 e. The molecule has 3 N–H and O–H groups in total. The molecule has 80 valence electrons. The van der Waals surface area contributed by atoms with Crippen molar-refractivity contribution in [1.82, 2.24) is 5.32 Å². The molecule has 0 radical (unpaired) electrons. The van der Waals surface area contributed by atoms with Crippen LogP contribution in [0.5, 0.6) is 5.75 Å². The monoisotopic (exact) mass is 204 g/mol. The molecule has 1 atom stereocenters. The molecular weight excluding hydrogens is 188 g/mol.